The molecule has 16 heavy (non-hydrogen) atoms. The van der Waals surface area contributed by atoms with E-state index in [1.807, 2.05) is 0 Å². The molecule has 0 aromatic carbocycles. The molecule has 0 saturated heterocycles. The maximum Gasteiger partial charge on any atom is 0.303 e. The second-order valence-electron chi connectivity index (χ2n) is 3.88. The summed E-state index contributed by atoms with van der Waals surface area (Å²) in [4.78, 5) is 10.2. The summed E-state index contributed by atoms with van der Waals surface area (Å²) in [7, 11) is 0. The van der Waals surface area contributed by atoms with Crippen LogP contribution in [0.1, 0.15) is 51.4 Å². The maximum absolute atomic E-state index is 10.2. The van der Waals surface area contributed by atoms with Crippen LogP contribution in [0.15, 0.2) is 0 Å². The van der Waals surface area contributed by atoms with E-state index < -0.39 is 5.97 Å². The molecule has 1 N–H and O–H groups in total. The van der Waals surface area contributed by atoms with Gasteiger partial charge in [0.25, 0.3) is 0 Å². The SMILES string of the molecule is C#CCOCCCCCCCCCC(=O)O. The topological polar surface area (TPSA) is 46.5 Å². The predicted octanol–water partition coefficient (Wildman–Crippen LogP) is 2.84. The van der Waals surface area contributed by atoms with E-state index in [0.29, 0.717) is 13.0 Å². The Labute approximate surface area is 98.2 Å². The lowest BCUT2D eigenvalue weighted by atomic mass is 10.1. The summed E-state index contributed by atoms with van der Waals surface area (Å²) in [5.74, 6) is 1.74. The average molecular weight is 226 g/mol. The fourth-order valence-electron chi connectivity index (χ4n) is 1.50. The van der Waals surface area contributed by atoms with Gasteiger partial charge in [0, 0.05) is 13.0 Å². The molecule has 0 bridgehead atoms. The molecule has 92 valence electrons. The molecule has 3 heteroatoms. The number of carbonyl (C=O) groups is 1. The average Bonchev–Trinajstić information content (AvgIpc) is 2.25. The van der Waals surface area contributed by atoms with Crippen molar-refractivity contribution < 1.29 is 14.6 Å². The van der Waals surface area contributed by atoms with Crippen molar-refractivity contribution in [3.05, 3.63) is 0 Å². The van der Waals surface area contributed by atoms with Crippen molar-refractivity contribution in [3.8, 4) is 12.3 Å². The standard InChI is InChI=1S/C13H22O3/c1-2-11-16-12-9-7-5-3-4-6-8-10-13(14)15/h1H,3-12H2,(H,14,15). The van der Waals surface area contributed by atoms with E-state index in [2.05, 4.69) is 5.92 Å². The first-order valence-corrected chi connectivity index (χ1v) is 6.00. The molecule has 0 aliphatic carbocycles. The molecule has 0 aromatic heterocycles. The third kappa shape index (κ3) is 13.0. The summed E-state index contributed by atoms with van der Waals surface area (Å²) in [6.45, 7) is 1.17. The third-order valence-electron chi connectivity index (χ3n) is 2.36. The van der Waals surface area contributed by atoms with Crippen LogP contribution >= 0.6 is 0 Å². The molecule has 0 aliphatic heterocycles. The molecule has 0 fully saturated rings. The molecule has 0 heterocycles. The van der Waals surface area contributed by atoms with E-state index in [1.165, 1.54) is 19.3 Å². The first-order valence-electron chi connectivity index (χ1n) is 6.00. The summed E-state index contributed by atoms with van der Waals surface area (Å²) < 4.78 is 5.15. The van der Waals surface area contributed by atoms with Crippen molar-refractivity contribution >= 4 is 5.97 Å². The van der Waals surface area contributed by atoms with Gasteiger partial charge in [-0.15, -0.1) is 6.42 Å². The molecule has 0 rings (SSSR count). The Balaban J connectivity index is 2.94. The Hall–Kier alpha value is -1.01. The Morgan fingerprint density at radius 2 is 1.62 bits per heavy atom. The van der Waals surface area contributed by atoms with Gasteiger partial charge >= 0.3 is 5.97 Å². The zero-order chi connectivity index (χ0) is 12.1. The Kier molecular flexibility index (Phi) is 11.3. The van der Waals surface area contributed by atoms with Crippen LogP contribution in [0.3, 0.4) is 0 Å². The van der Waals surface area contributed by atoms with Crippen LogP contribution in [0.25, 0.3) is 0 Å². The lowest BCUT2D eigenvalue weighted by molar-refractivity contribution is -0.137. The van der Waals surface area contributed by atoms with E-state index in [-0.39, 0.29) is 0 Å². The lowest BCUT2D eigenvalue weighted by Crippen LogP contribution is -1.95. The van der Waals surface area contributed by atoms with Gasteiger partial charge in [-0.05, 0) is 12.8 Å². The number of hydrogen-bond acceptors (Lipinski definition) is 2. The van der Waals surface area contributed by atoms with Crippen LogP contribution < -0.4 is 0 Å². The molecule has 0 unspecified atom stereocenters. The summed E-state index contributed by atoms with van der Waals surface area (Å²) >= 11 is 0. The van der Waals surface area contributed by atoms with E-state index in [1.54, 1.807) is 0 Å². The highest BCUT2D eigenvalue weighted by Gasteiger charge is 1.96. The van der Waals surface area contributed by atoms with Gasteiger partial charge in [-0.2, -0.15) is 0 Å². The molecule has 0 aromatic rings. The van der Waals surface area contributed by atoms with Crippen molar-refractivity contribution in [1.82, 2.24) is 0 Å². The van der Waals surface area contributed by atoms with Gasteiger partial charge < -0.3 is 9.84 Å². The largest absolute Gasteiger partial charge is 0.481 e. The van der Waals surface area contributed by atoms with Gasteiger partial charge in [0.15, 0.2) is 0 Å². The summed E-state index contributed by atoms with van der Waals surface area (Å²) in [6.07, 6.45) is 12.9. The van der Waals surface area contributed by atoms with Gasteiger partial charge in [0.05, 0.1) is 0 Å². The molecule has 0 saturated carbocycles. The van der Waals surface area contributed by atoms with Crippen molar-refractivity contribution in [2.45, 2.75) is 51.4 Å². The van der Waals surface area contributed by atoms with Crippen molar-refractivity contribution in [1.29, 1.82) is 0 Å². The number of carboxylic acid groups (broad SMARTS) is 1. The molecule has 0 atom stereocenters. The number of ether oxygens (including phenoxy) is 1. The van der Waals surface area contributed by atoms with Crippen molar-refractivity contribution in [3.63, 3.8) is 0 Å². The lowest BCUT2D eigenvalue weighted by Gasteiger charge is -2.01. The fourth-order valence-corrected chi connectivity index (χ4v) is 1.50. The second-order valence-corrected chi connectivity index (χ2v) is 3.88. The van der Waals surface area contributed by atoms with Gasteiger partial charge in [-0.25, -0.2) is 0 Å². The van der Waals surface area contributed by atoms with E-state index in [0.717, 1.165) is 32.3 Å². The highest BCUT2D eigenvalue weighted by molar-refractivity contribution is 5.66. The minimum absolute atomic E-state index is 0.305. The van der Waals surface area contributed by atoms with Crippen LogP contribution in [-0.4, -0.2) is 24.3 Å². The number of rotatable bonds is 11. The molecule has 3 nitrogen and oxygen atoms in total. The van der Waals surface area contributed by atoms with Crippen molar-refractivity contribution in [2.75, 3.05) is 13.2 Å². The predicted molar refractivity (Wildman–Crippen MR) is 64.2 cm³/mol. The molecular formula is C13H22O3. The Morgan fingerprint density at radius 3 is 2.19 bits per heavy atom. The maximum atomic E-state index is 10.2. The van der Waals surface area contributed by atoms with Crippen LogP contribution in [0.2, 0.25) is 0 Å². The smallest absolute Gasteiger partial charge is 0.303 e. The monoisotopic (exact) mass is 226 g/mol. The first kappa shape index (κ1) is 15.0. The van der Waals surface area contributed by atoms with Crippen LogP contribution in [0.5, 0.6) is 0 Å². The summed E-state index contributed by atoms with van der Waals surface area (Å²) in [6, 6.07) is 0. The van der Waals surface area contributed by atoms with Crippen LogP contribution in [0.4, 0.5) is 0 Å². The van der Waals surface area contributed by atoms with Gasteiger partial charge in [-0.3, -0.25) is 4.79 Å². The number of carboxylic acids is 1. The zero-order valence-corrected chi connectivity index (χ0v) is 9.91. The van der Waals surface area contributed by atoms with E-state index >= 15 is 0 Å². The zero-order valence-electron chi connectivity index (χ0n) is 9.91. The highest BCUT2D eigenvalue weighted by Crippen LogP contribution is 2.08. The normalized spacial score (nSPS) is 9.94. The molecule has 0 radical (unpaired) electrons. The number of terminal acetylenes is 1. The number of aliphatic carboxylic acids is 1. The van der Waals surface area contributed by atoms with Crippen LogP contribution in [0, 0.1) is 12.3 Å². The van der Waals surface area contributed by atoms with Crippen molar-refractivity contribution in [2.24, 2.45) is 0 Å². The molecule has 0 spiro atoms. The van der Waals surface area contributed by atoms with E-state index in [4.69, 9.17) is 16.3 Å². The highest BCUT2D eigenvalue weighted by atomic mass is 16.5. The molecule has 0 amide bonds. The first-order chi connectivity index (χ1) is 7.77. The minimum atomic E-state index is -0.689. The quantitative estimate of drug-likeness (QED) is 0.435. The molecular weight excluding hydrogens is 204 g/mol. The Morgan fingerprint density at radius 1 is 1.06 bits per heavy atom. The van der Waals surface area contributed by atoms with Crippen LogP contribution in [-0.2, 0) is 9.53 Å². The summed E-state index contributed by atoms with van der Waals surface area (Å²) in [5.41, 5.74) is 0. The minimum Gasteiger partial charge on any atom is -0.481 e. The fraction of sp³-hybridized carbons (Fsp3) is 0.769. The van der Waals surface area contributed by atoms with Gasteiger partial charge in [-0.1, -0.05) is 38.0 Å². The third-order valence-corrected chi connectivity index (χ3v) is 2.36. The van der Waals surface area contributed by atoms with Gasteiger partial charge in [0.2, 0.25) is 0 Å². The summed E-state index contributed by atoms with van der Waals surface area (Å²) in [5, 5.41) is 8.43. The Bertz CT molecular complexity index is 206. The molecule has 0 aliphatic rings. The number of unbranched alkanes of at least 4 members (excludes halogenated alkanes) is 6. The van der Waals surface area contributed by atoms with Gasteiger partial charge in [0.1, 0.15) is 6.61 Å². The number of hydrogen-bond donors (Lipinski definition) is 1. The van der Waals surface area contributed by atoms with E-state index in [9.17, 15) is 4.79 Å². The second kappa shape index (κ2) is 12.1.